The fraction of sp³-hybridized carbons (Fsp3) is 0.462. The minimum absolute atomic E-state index is 0.0147. The Labute approximate surface area is 184 Å². The van der Waals surface area contributed by atoms with Crippen LogP contribution in [-0.4, -0.2) is 41.5 Å². The van der Waals surface area contributed by atoms with Crippen molar-refractivity contribution in [2.75, 3.05) is 19.6 Å². The molecular weight excluding hydrogens is 388 g/mol. The lowest BCUT2D eigenvalue weighted by molar-refractivity contribution is -0.140. The number of carbonyl (C=O) groups is 2. The summed E-state index contributed by atoms with van der Waals surface area (Å²) in [5.74, 6) is -0.606. The van der Waals surface area contributed by atoms with Gasteiger partial charge in [-0.05, 0) is 61.3 Å². The number of hydrogen-bond acceptors (Lipinski definition) is 3. The monoisotopic (exact) mass is 420 g/mol. The van der Waals surface area contributed by atoms with Gasteiger partial charge < -0.3 is 15.3 Å². The molecule has 1 heterocycles. The van der Waals surface area contributed by atoms with Gasteiger partial charge in [-0.25, -0.2) is 0 Å². The summed E-state index contributed by atoms with van der Waals surface area (Å²) >= 11 is 0. The lowest BCUT2D eigenvalue weighted by Crippen LogP contribution is -2.53. The largest absolute Gasteiger partial charge is 0.481 e. The smallest absolute Gasteiger partial charge is 0.314 e. The molecule has 2 atom stereocenters. The zero-order chi connectivity index (χ0) is 22.2. The number of rotatable bonds is 6. The van der Waals surface area contributed by atoms with E-state index in [0.29, 0.717) is 6.42 Å². The Morgan fingerprint density at radius 1 is 1.03 bits per heavy atom. The van der Waals surface area contributed by atoms with E-state index in [1.54, 1.807) is 6.92 Å². The quantitative estimate of drug-likeness (QED) is 0.746. The van der Waals surface area contributed by atoms with E-state index >= 15 is 0 Å². The number of benzene rings is 2. The molecule has 2 aromatic rings. The van der Waals surface area contributed by atoms with Crippen molar-refractivity contribution in [3.8, 4) is 0 Å². The molecule has 2 aromatic carbocycles. The van der Waals surface area contributed by atoms with Gasteiger partial charge in [0.2, 0.25) is 5.91 Å². The van der Waals surface area contributed by atoms with Crippen LogP contribution in [0.15, 0.2) is 48.5 Å². The lowest BCUT2D eigenvalue weighted by Gasteiger charge is -2.43. The van der Waals surface area contributed by atoms with E-state index in [0.717, 1.165) is 49.2 Å². The van der Waals surface area contributed by atoms with Crippen LogP contribution < -0.4 is 5.32 Å². The van der Waals surface area contributed by atoms with Gasteiger partial charge in [-0.3, -0.25) is 9.59 Å². The fourth-order valence-electron chi connectivity index (χ4n) is 5.32. The number of aliphatic carboxylic acids is 1. The van der Waals surface area contributed by atoms with Crippen molar-refractivity contribution in [3.05, 3.63) is 70.8 Å². The van der Waals surface area contributed by atoms with Crippen LogP contribution in [0.25, 0.3) is 0 Å². The predicted octanol–water partition coefficient (Wildman–Crippen LogP) is 3.77. The van der Waals surface area contributed by atoms with Gasteiger partial charge in [0.1, 0.15) is 0 Å². The maximum atomic E-state index is 12.3. The molecule has 2 unspecified atom stereocenters. The van der Waals surface area contributed by atoms with Gasteiger partial charge in [-0.15, -0.1) is 0 Å². The summed E-state index contributed by atoms with van der Waals surface area (Å²) in [6, 6.07) is 16.3. The molecule has 1 saturated heterocycles. The highest BCUT2D eigenvalue weighted by atomic mass is 16.4. The molecule has 1 aliphatic carbocycles. The second-order valence-corrected chi connectivity index (χ2v) is 9.41. The van der Waals surface area contributed by atoms with Crippen LogP contribution in [0, 0.1) is 19.8 Å². The van der Waals surface area contributed by atoms with Crippen LogP contribution >= 0.6 is 0 Å². The van der Waals surface area contributed by atoms with Gasteiger partial charge in [-0.2, -0.15) is 0 Å². The van der Waals surface area contributed by atoms with Crippen molar-refractivity contribution < 1.29 is 14.7 Å². The number of amides is 1. The molecule has 1 aliphatic heterocycles. The topological polar surface area (TPSA) is 69.6 Å². The lowest BCUT2D eigenvalue weighted by atomic mass is 9.80. The van der Waals surface area contributed by atoms with Crippen LogP contribution in [-0.2, 0) is 20.5 Å². The van der Waals surface area contributed by atoms with Crippen molar-refractivity contribution in [2.45, 2.75) is 51.0 Å². The first-order chi connectivity index (χ1) is 14.8. The Morgan fingerprint density at radius 3 is 2.29 bits per heavy atom. The second-order valence-electron chi connectivity index (χ2n) is 9.41. The number of carboxylic acid groups (broad SMARTS) is 1. The molecule has 0 spiro atoms. The SMILES string of the molecule is CC(=O)NC1(c2ccccc2)CCN(CC2CC2(C(=O)O)c2ccc(C)c(C)c2)CC1. The van der Waals surface area contributed by atoms with Crippen LogP contribution in [0.5, 0.6) is 0 Å². The number of nitrogens with zero attached hydrogens (tertiary/aromatic N) is 1. The summed E-state index contributed by atoms with van der Waals surface area (Å²) in [5, 5.41) is 13.3. The first-order valence-electron chi connectivity index (χ1n) is 11.1. The van der Waals surface area contributed by atoms with Crippen molar-refractivity contribution in [1.29, 1.82) is 0 Å². The van der Waals surface area contributed by atoms with E-state index in [1.807, 2.05) is 37.3 Å². The maximum Gasteiger partial charge on any atom is 0.314 e. The minimum atomic E-state index is -0.760. The Kier molecular flexibility index (Phi) is 5.65. The molecule has 4 rings (SSSR count). The van der Waals surface area contributed by atoms with Gasteiger partial charge in [0.25, 0.3) is 0 Å². The van der Waals surface area contributed by atoms with Crippen LogP contribution in [0.1, 0.15) is 48.4 Å². The molecule has 5 heteroatoms. The zero-order valence-electron chi connectivity index (χ0n) is 18.6. The number of piperidine rings is 1. The minimum Gasteiger partial charge on any atom is -0.481 e. The maximum absolute atomic E-state index is 12.3. The number of nitrogens with one attached hydrogen (secondary N) is 1. The number of carboxylic acids is 1. The average molecular weight is 421 g/mol. The summed E-state index contributed by atoms with van der Waals surface area (Å²) < 4.78 is 0. The third-order valence-electron chi connectivity index (χ3n) is 7.44. The van der Waals surface area contributed by atoms with Gasteiger partial charge in [0, 0.05) is 26.6 Å². The molecule has 5 nitrogen and oxygen atoms in total. The molecule has 2 N–H and O–H groups in total. The number of likely N-dealkylation sites (tertiary alicyclic amines) is 1. The van der Waals surface area contributed by atoms with Crippen molar-refractivity contribution in [2.24, 2.45) is 5.92 Å². The Morgan fingerprint density at radius 2 is 1.71 bits per heavy atom. The van der Waals surface area contributed by atoms with E-state index < -0.39 is 11.4 Å². The Balaban J connectivity index is 1.46. The highest BCUT2D eigenvalue weighted by Gasteiger charge is 2.61. The predicted molar refractivity (Wildman–Crippen MR) is 121 cm³/mol. The summed E-state index contributed by atoms with van der Waals surface area (Å²) in [4.78, 5) is 26.6. The van der Waals surface area contributed by atoms with E-state index in [9.17, 15) is 14.7 Å². The van der Waals surface area contributed by atoms with Gasteiger partial charge in [0.05, 0.1) is 11.0 Å². The first kappa shape index (κ1) is 21.6. The molecule has 0 aromatic heterocycles. The highest BCUT2D eigenvalue weighted by Crippen LogP contribution is 2.55. The second kappa shape index (κ2) is 8.12. The van der Waals surface area contributed by atoms with Gasteiger partial charge in [0.15, 0.2) is 0 Å². The number of aryl methyl sites for hydroxylation is 2. The van der Waals surface area contributed by atoms with Gasteiger partial charge in [-0.1, -0.05) is 48.5 Å². The first-order valence-corrected chi connectivity index (χ1v) is 11.1. The molecule has 0 bridgehead atoms. The summed E-state index contributed by atoms with van der Waals surface area (Å²) in [6.07, 6.45) is 2.34. The number of carbonyl (C=O) groups excluding carboxylic acids is 1. The molecule has 31 heavy (non-hydrogen) atoms. The number of hydrogen-bond donors (Lipinski definition) is 2. The van der Waals surface area contributed by atoms with E-state index in [-0.39, 0.29) is 17.4 Å². The van der Waals surface area contributed by atoms with E-state index in [4.69, 9.17) is 0 Å². The third-order valence-corrected chi connectivity index (χ3v) is 7.44. The van der Waals surface area contributed by atoms with Crippen LogP contribution in [0.4, 0.5) is 0 Å². The van der Waals surface area contributed by atoms with Crippen molar-refractivity contribution in [1.82, 2.24) is 10.2 Å². The van der Waals surface area contributed by atoms with Crippen molar-refractivity contribution >= 4 is 11.9 Å². The fourth-order valence-corrected chi connectivity index (χ4v) is 5.32. The molecule has 164 valence electrons. The van der Waals surface area contributed by atoms with Gasteiger partial charge >= 0.3 is 5.97 Å². The Hall–Kier alpha value is -2.66. The Bertz CT molecular complexity index is 979. The van der Waals surface area contributed by atoms with E-state index in [2.05, 4.69) is 35.3 Å². The van der Waals surface area contributed by atoms with Crippen molar-refractivity contribution in [3.63, 3.8) is 0 Å². The highest BCUT2D eigenvalue weighted by molar-refractivity contribution is 5.86. The third kappa shape index (κ3) is 3.99. The normalized spacial score (nSPS) is 25.1. The molecule has 1 amide bonds. The van der Waals surface area contributed by atoms with Crippen LogP contribution in [0.2, 0.25) is 0 Å². The molecule has 2 aliphatic rings. The molecule has 1 saturated carbocycles. The summed E-state index contributed by atoms with van der Waals surface area (Å²) in [7, 11) is 0. The average Bonchev–Trinajstić information content (AvgIpc) is 3.47. The summed E-state index contributed by atoms with van der Waals surface area (Å²) in [5.41, 5.74) is 3.31. The summed E-state index contributed by atoms with van der Waals surface area (Å²) in [6.45, 7) is 8.14. The molecular formula is C26H32N2O3. The van der Waals surface area contributed by atoms with Crippen LogP contribution in [0.3, 0.4) is 0 Å². The zero-order valence-corrected chi connectivity index (χ0v) is 18.6. The molecule has 0 radical (unpaired) electrons. The molecule has 2 fully saturated rings. The van der Waals surface area contributed by atoms with E-state index in [1.165, 1.54) is 5.56 Å². The standard InChI is InChI=1S/C26H32N2O3/c1-18-9-10-22(15-19(18)2)26(24(30)31)16-23(26)17-28-13-11-25(12-14-28,27-20(3)29)21-7-5-4-6-8-21/h4-10,15,23H,11-14,16-17H2,1-3H3,(H,27,29)(H,30,31).